The molecule has 0 saturated carbocycles. The molecule has 0 bridgehead atoms. The van der Waals surface area contributed by atoms with Gasteiger partial charge >= 0.3 is 5.97 Å². The van der Waals surface area contributed by atoms with Crippen molar-refractivity contribution in [1.82, 2.24) is 0 Å². The van der Waals surface area contributed by atoms with Crippen molar-refractivity contribution in [2.24, 2.45) is 0 Å². The van der Waals surface area contributed by atoms with E-state index in [1.807, 2.05) is 0 Å². The van der Waals surface area contributed by atoms with Gasteiger partial charge < -0.3 is 15.2 Å². The number of carbonyl (C=O) groups is 2. The van der Waals surface area contributed by atoms with Crippen LogP contribution in [-0.4, -0.2) is 30.7 Å². The molecule has 5 heteroatoms. The van der Waals surface area contributed by atoms with Crippen LogP contribution in [0.15, 0.2) is 24.3 Å². The second-order valence-electron chi connectivity index (χ2n) is 2.87. The standard InChI is InChI=1S/C10H11NO4/c1-15-6-9(12)11-8-4-2-3-7(5-8)10(13)14/h2-5H,6H2,1H3,(H,11,12)(H,13,14). The van der Waals surface area contributed by atoms with Gasteiger partial charge in [0.15, 0.2) is 0 Å². The lowest BCUT2D eigenvalue weighted by Crippen LogP contribution is -2.17. The van der Waals surface area contributed by atoms with Crippen LogP contribution in [0.3, 0.4) is 0 Å². The Morgan fingerprint density at radius 2 is 2.20 bits per heavy atom. The van der Waals surface area contributed by atoms with Gasteiger partial charge in [0, 0.05) is 12.8 Å². The molecule has 0 atom stereocenters. The molecule has 1 aromatic carbocycles. The molecule has 0 saturated heterocycles. The number of benzene rings is 1. The maximum absolute atomic E-state index is 11.1. The first kappa shape index (κ1) is 11.2. The molecule has 0 unspecified atom stereocenters. The molecule has 80 valence electrons. The number of amides is 1. The largest absolute Gasteiger partial charge is 0.478 e. The van der Waals surface area contributed by atoms with E-state index in [0.717, 1.165) is 0 Å². The van der Waals surface area contributed by atoms with Crippen LogP contribution in [0.4, 0.5) is 5.69 Å². The Morgan fingerprint density at radius 3 is 2.80 bits per heavy atom. The van der Waals surface area contributed by atoms with Gasteiger partial charge in [-0.2, -0.15) is 0 Å². The monoisotopic (exact) mass is 209 g/mol. The van der Waals surface area contributed by atoms with E-state index in [1.54, 1.807) is 12.1 Å². The summed E-state index contributed by atoms with van der Waals surface area (Å²) in [4.78, 5) is 21.7. The maximum atomic E-state index is 11.1. The normalized spacial score (nSPS) is 9.67. The van der Waals surface area contributed by atoms with E-state index in [4.69, 9.17) is 5.11 Å². The number of carboxylic acids is 1. The van der Waals surface area contributed by atoms with E-state index in [1.165, 1.54) is 19.2 Å². The molecule has 0 aromatic heterocycles. The van der Waals surface area contributed by atoms with Crippen molar-refractivity contribution in [3.05, 3.63) is 29.8 Å². The average Bonchev–Trinajstić information content (AvgIpc) is 2.18. The molecule has 0 aliphatic carbocycles. The number of anilines is 1. The highest BCUT2D eigenvalue weighted by Crippen LogP contribution is 2.10. The van der Waals surface area contributed by atoms with Gasteiger partial charge in [0.2, 0.25) is 5.91 Å². The van der Waals surface area contributed by atoms with Gasteiger partial charge in [-0.25, -0.2) is 4.79 Å². The van der Waals surface area contributed by atoms with Crippen molar-refractivity contribution < 1.29 is 19.4 Å². The Labute approximate surface area is 86.7 Å². The van der Waals surface area contributed by atoms with Gasteiger partial charge in [-0.15, -0.1) is 0 Å². The predicted molar refractivity (Wildman–Crippen MR) is 53.9 cm³/mol. The lowest BCUT2D eigenvalue weighted by Gasteiger charge is -2.04. The van der Waals surface area contributed by atoms with Gasteiger partial charge in [0.05, 0.1) is 5.56 Å². The summed E-state index contributed by atoms with van der Waals surface area (Å²) in [7, 11) is 1.41. The summed E-state index contributed by atoms with van der Waals surface area (Å²) in [5.74, 6) is -1.35. The Kier molecular flexibility index (Phi) is 3.82. The van der Waals surface area contributed by atoms with Crippen LogP contribution in [0.2, 0.25) is 0 Å². The van der Waals surface area contributed by atoms with Crippen LogP contribution in [-0.2, 0) is 9.53 Å². The zero-order chi connectivity index (χ0) is 11.3. The highest BCUT2D eigenvalue weighted by atomic mass is 16.5. The molecule has 1 amide bonds. The van der Waals surface area contributed by atoms with Crippen molar-refractivity contribution in [3.63, 3.8) is 0 Å². The van der Waals surface area contributed by atoms with Crippen molar-refractivity contribution >= 4 is 17.6 Å². The summed E-state index contributed by atoms with van der Waals surface area (Å²) >= 11 is 0. The minimum Gasteiger partial charge on any atom is -0.478 e. The minimum absolute atomic E-state index is 0.0582. The number of ether oxygens (including phenoxy) is 1. The van der Waals surface area contributed by atoms with Gasteiger partial charge in [0.25, 0.3) is 0 Å². The summed E-state index contributed by atoms with van der Waals surface area (Å²) in [5, 5.41) is 11.2. The predicted octanol–water partition coefficient (Wildman–Crippen LogP) is 0.970. The van der Waals surface area contributed by atoms with Crippen LogP contribution >= 0.6 is 0 Å². The van der Waals surface area contributed by atoms with E-state index >= 15 is 0 Å². The third kappa shape index (κ3) is 3.40. The van der Waals surface area contributed by atoms with Gasteiger partial charge in [-0.05, 0) is 18.2 Å². The number of rotatable bonds is 4. The highest BCUT2D eigenvalue weighted by molar-refractivity contribution is 5.94. The molecule has 0 aliphatic heterocycles. The molecule has 15 heavy (non-hydrogen) atoms. The Hall–Kier alpha value is -1.88. The molecule has 0 fully saturated rings. The molecule has 1 aromatic rings. The van der Waals surface area contributed by atoms with Crippen molar-refractivity contribution in [1.29, 1.82) is 0 Å². The fourth-order valence-corrected chi connectivity index (χ4v) is 1.06. The molecular weight excluding hydrogens is 198 g/mol. The summed E-state index contributed by atoms with van der Waals surface area (Å²) in [6, 6.07) is 6.01. The Balaban J connectivity index is 2.73. The van der Waals surface area contributed by atoms with Gasteiger partial charge in [-0.1, -0.05) is 6.07 Å². The summed E-state index contributed by atoms with van der Waals surface area (Å²) in [5.41, 5.74) is 0.571. The number of nitrogens with one attached hydrogen (secondary N) is 1. The molecule has 2 N–H and O–H groups in total. The zero-order valence-electron chi connectivity index (χ0n) is 8.19. The molecule has 1 rings (SSSR count). The van der Waals surface area contributed by atoms with E-state index in [9.17, 15) is 9.59 Å². The van der Waals surface area contributed by atoms with Crippen LogP contribution < -0.4 is 5.32 Å². The SMILES string of the molecule is COCC(=O)Nc1cccc(C(=O)O)c1. The molecule has 0 spiro atoms. The molecule has 5 nitrogen and oxygen atoms in total. The Bertz CT molecular complexity index is 375. The molecule has 0 aliphatic rings. The fourth-order valence-electron chi connectivity index (χ4n) is 1.06. The smallest absolute Gasteiger partial charge is 0.335 e. The highest BCUT2D eigenvalue weighted by Gasteiger charge is 2.05. The van der Waals surface area contributed by atoms with E-state index in [-0.39, 0.29) is 18.1 Å². The van der Waals surface area contributed by atoms with Crippen molar-refractivity contribution in [2.75, 3.05) is 19.0 Å². The van der Waals surface area contributed by atoms with Crippen LogP contribution in [0.25, 0.3) is 0 Å². The summed E-state index contributed by atoms with van der Waals surface area (Å²) < 4.78 is 4.63. The quantitative estimate of drug-likeness (QED) is 0.774. The first-order valence-electron chi connectivity index (χ1n) is 4.25. The van der Waals surface area contributed by atoms with Crippen molar-refractivity contribution in [2.45, 2.75) is 0 Å². The first-order valence-corrected chi connectivity index (χ1v) is 4.25. The number of aromatic carboxylic acids is 1. The lowest BCUT2D eigenvalue weighted by atomic mass is 10.2. The van der Waals surface area contributed by atoms with Gasteiger partial charge in [-0.3, -0.25) is 4.79 Å². The van der Waals surface area contributed by atoms with Gasteiger partial charge in [0.1, 0.15) is 6.61 Å². The van der Waals surface area contributed by atoms with E-state index in [0.29, 0.717) is 5.69 Å². The second-order valence-corrected chi connectivity index (χ2v) is 2.87. The van der Waals surface area contributed by atoms with E-state index in [2.05, 4.69) is 10.1 Å². The number of hydrogen-bond acceptors (Lipinski definition) is 3. The zero-order valence-corrected chi connectivity index (χ0v) is 8.19. The Morgan fingerprint density at radius 1 is 1.47 bits per heavy atom. The number of hydrogen-bond donors (Lipinski definition) is 2. The summed E-state index contributed by atoms with van der Waals surface area (Å²) in [6.45, 7) is -0.0582. The number of methoxy groups -OCH3 is 1. The van der Waals surface area contributed by atoms with E-state index < -0.39 is 5.97 Å². The lowest BCUT2D eigenvalue weighted by molar-refractivity contribution is -0.119. The minimum atomic E-state index is -1.03. The average molecular weight is 209 g/mol. The topological polar surface area (TPSA) is 75.6 Å². The van der Waals surface area contributed by atoms with Crippen LogP contribution in [0.5, 0.6) is 0 Å². The fraction of sp³-hybridized carbons (Fsp3) is 0.200. The number of carbonyl (C=O) groups excluding carboxylic acids is 1. The van der Waals surface area contributed by atoms with Crippen molar-refractivity contribution in [3.8, 4) is 0 Å². The summed E-state index contributed by atoms with van der Waals surface area (Å²) in [6.07, 6.45) is 0. The maximum Gasteiger partial charge on any atom is 0.335 e. The van der Waals surface area contributed by atoms with Crippen LogP contribution in [0, 0.1) is 0 Å². The molecular formula is C10H11NO4. The number of carboxylic acid groups (broad SMARTS) is 1. The molecule has 0 heterocycles. The third-order valence-electron chi connectivity index (χ3n) is 1.67. The molecule has 0 radical (unpaired) electrons. The van der Waals surface area contributed by atoms with Crippen LogP contribution in [0.1, 0.15) is 10.4 Å². The second kappa shape index (κ2) is 5.11. The third-order valence-corrected chi connectivity index (χ3v) is 1.67. The first-order chi connectivity index (χ1) is 7.13.